The Morgan fingerprint density at radius 3 is 1.30 bits per heavy atom. The zero-order chi connectivity index (χ0) is 32.4. The third kappa shape index (κ3) is 11.3. The summed E-state index contributed by atoms with van der Waals surface area (Å²) in [6.45, 7) is 5.25. The van der Waals surface area contributed by atoms with E-state index >= 15 is 0 Å². The Morgan fingerprint density at radius 1 is 0.522 bits per heavy atom. The van der Waals surface area contributed by atoms with E-state index in [1.54, 1.807) is 36.7 Å². The van der Waals surface area contributed by atoms with Gasteiger partial charge < -0.3 is 9.47 Å². The molecule has 0 unspecified atom stereocenters. The Morgan fingerprint density at radius 2 is 0.913 bits per heavy atom. The Kier molecular flexibility index (Phi) is 13.9. The van der Waals surface area contributed by atoms with Crippen molar-refractivity contribution < 1.29 is 19.1 Å². The van der Waals surface area contributed by atoms with E-state index in [9.17, 15) is 9.59 Å². The van der Waals surface area contributed by atoms with E-state index in [2.05, 4.69) is 23.8 Å². The molecule has 46 heavy (non-hydrogen) atoms. The maximum absolute atomic E-state index is 12.3. The first-order chi connectivity index (χ1) is 22.6. The van der Waals surface area contributed by atoms with Crippen molar-refractivity contribution in [2.45, 2.75) is 65.2 Å². The molecule has 6 heteroatoms. The van der Waals surface area contributed by atoms with Gasteiger partial charge in [-0.05, 0) is 83.6 Å². The average Bonchev–Trinajstić information content (AvgIpc) is 3.10. The normalized spacial score (nSPS) is 11.3. The molecule has 0 N–H and O–H groups in total. The second kappa shape index (κ2) is 18.8. The second-order valence-corrected chi connectivity index (χ2v) is 11.3. The number of pyridine rings is 2. The first-order valence-electron chi connectivity index (χ1n) is 16.4. The molecule has 0 saturated heterocycles. The maximum atomic E-state index is 12.3. The summed E-state index contributed by atoms with van der Waals surface area (Å²) >= 11 is 0. The van der Waals surface area contributed by atoms with E-state index < -0.39 is 0 Å². The van der Waals surface area contributed by atoms with Crippen LogP contribution in [0.2, 0.25) is 0 Å². The fraction of sp³-hybridized carbons (Fsp3) is 0.300. The molecular formula is C40H44N2O4. The Balaban J connectivity index is 1.32. The van der Waals surface area contributed by atoms with E-state index in [1.165, 1.54) is 0 Å². The highest BCUT2D eigenvalue weighted by Crippen LogP contribution is 2.20. The van der Waals surface area contributed by atoms with Gasteiger partial charge in [-0.15, -0.1) is 0 Å². The molecule has 0 aliphatic rings. The lowest BCUT2D eigenvalue weighted by Crippen LogP contribution is -2.06. The maximum Gasteiger partial charge on any atom is 0.338 e. The molecule has 0 amide bonds. The second-order valence-electron chi connectivity index (χ2n) is 11.3. The highest BCUT2D eigenvalue weighted by atomic mass is 16.5. The van der Waals surface area contributed by atoms with Gasteiger partial charge in [-0.2, -0.15) is 0 Å². The summed E-state index contributed by atoms with van der Waals surface area (Å²) in [7, 11) is 0. The third-order valence-electron chi connectivity index (χ3n) is 7.52. The van der Waals surface area contributed by atoms with Crippen molar-refractivity contribution in [1.29, 1.82) is 0 Å². The fourth-order valence-corrected chi connectivity index (χ4v) is 4.78. The van der Waals surface area contributed by atoms with Crippen molar-refractivity contribution in [2.24, 2.45) is 0 Å². The average molecular weight is 617 g/mol. The van der Waals surface area contributed by atoms with Crippen molar-refractivity contribution in [3.63, 3.8) is 0 Å². The van der Waals surface area contributed by atoms with Gasteiger partial charge >= 0.3 is 11.9 Å². The largest absolute Gasteiger partial charge is 0.462 e. The Bertz CT molecular complexity index is 1470. The zero-order valence-corrected chi connectivity index (χ0v) is 27.0. The molecule has 0 aliphatic carbocycles. The van der Waals surface area contributed by atoms with Crippen LogP contribution in [0.5, 0.6) is 0 Å². The molecule has 0 atom stereocenters. The van der Waals surface area contributed by atoms with Crippen LogP contribution in [-0.2, 0) is 9.47 Å². The van der Waals surface area contributed by atoms with Crippen molar-refractivity contribution >= 4 is 36.2 Å². The number of unbranched alkanes of at least 4 members (excludes halogenated alkanes) is 6. The lowest BCUT2D eigenvalue weighted by molar-refractivity contribution is 0.0488. The summed E-state index contributed by atoms with van der Waals surface area (Å²) in [6, 6.07) is 22.7. The van der Waals surface area contributed by atoms with Crippen LogP contribution in [0, 0.1) is 0 Å². The van der Waals surface area contributed by atoms with E-state index in [0.29, 0.717) is 24.3 Å². The number of benzene rings is 2. The van der Waals surface area contributed by atoms with Gasteiger partial charge in [0.25, 0.3) is 0 Å². The van der Waals surface area contributed by atoms with Gasteiger partial charge in [-0.1, -0.05) is 101 Å². The molecule has 2 heterocycles. The summed E-state index contributed by atoms with van der Waals surface area (Å²) < 4.78 is 10.8. The predicted octanol–water partition coefficient (Wildman–Crippen LogP) is 9.96. The van der Waals surface area contributed by atoms with Gasteiger partial charge in [0.15, 0.2) is 0 Å². The molecule has 2 aromatic heterocycles. The lowest BCUT2D eigenvalue weighted by Gasteiger charge is -2.05. The minimum Gasteiger partial charge on any atom is -0.462 e. The highest BCUT2D eigenvalue weighted by Gasteiger charge is 2.08. The number of ether oxygens (including phenoxy) is 2. The number of hydrogen-bond donors (Lipinski definition) is 0. The van der Waals surface area contributed by atoms with Gasteiger partial charge in [0.1, 0.15) is 0 Å². The molecule has 4 aromatic rings. The minimum absolute atomic E-state index is 0.279. The number of rotatable bonds is 17. The molecule has 0 radical (unpaired) electrons. The van der Waals surface area contributed by atoms with Crippen LogP contribution in [0.4, 0.5) is 0 Å². The molecule has 6 nitrogen and oxygen atoms in total. The summed E-state index contributed by atoms with van der Waals surface area (Å²) in [5, 5.41) is 0. The summed E-state index contributed by atoms with van der Waals surface area (Å²) in [5.41, 5.74) is 6.60. The summed E-state index contributed by atoms with van der Waals surface area (Å²) in [4.78, 5) is 33.7. The van der Waals surface area contributed by atoms with Gasteiger partial charge in [0.2, 0.25) is 0 Å². The van der Waals surface area contributed by atoms with E-state index in [0.717, 1.165) is 85.0 Å². The smallest absolute Gasteiger partial charge is 0.338 e. The molecule has 2 aromatic carbocycles. The number of esters is 2. The number of carbonyl (C=O) groups is 2. The van der Waals surface area contributed by atoms with Crippen LogP contribution in [0.25, 0.3) is 35.7 Å². The fourth-order valence-electron chi connectivity index (χ4n) is 4.78. The monoisotopic (exact) mass is 616 g/mol. The van der Waals surface area contributed by atoms with E-state index in [4.69, 9.17) is 9.47 Å². The standard InChI is InChI=1S/C40H44N2O4/c1-3-5-7-9-27-45-39(43)35-19-15-31(16-20-35)11-13-33-23-25-41-37(29-33)38-30-34(24-26-42-38)14-12-32-17-21-36(22-18-32)40(44)46-28-10-8-6-4-2/h11-26,29-30H,3-10,27-28H2,1-2H3/b13-11+,14-12+. The topological polar surface area (TPSA) is 78.4 Å². The van der Waals surface area contributed by atoms with Gasteiger partial charge in [-0.3, -0.25) is 9.97 Å². The first-order valence-corrected chi connectivity index (χ1v) is 16.4. The number of nitrogens with zero attached hydrogens (tertiary/aromatic N) is 2. The quantitative estimate of drug-likeness (QED) is 0.0868. The van der Waals surface area contributed by atoms with Gasteiger partial charge in [0, 0.05) is 12.4 Å². The van der Waals surface area contributed by atoms with Crippen molar-refractivity contribution in [1.82, 2.24) is 9.97 Å². The van der Waals surface area contributed by atoms with Crippen LogP contribution in [0.1, 0.15) is 108 Å². The molecular weight excluding hydrogens is 572 g/mol. The van der Waals surface area contributed by atoms with Crippen molar-refractivity contribution in [3.05, 3.63) is 119 Å². The molecule has 0 fully saturated rings. The summed E-state index contributed by atoms with van der Waals surface area (Å²) in [6.07, 6.45) is 20.2. The SMILES string of the molecule is CCCCCCOC(=O)c1ccc(/C=C/c2ccnc(-c3cc(/C=C/c4ccc(C(=O)OCCCCCC)cc4)ccn3)c2)cc1. The predicted molar refractivity (Wildman–Crippen MR) is 187 cm³/mol. The molecule has 0 aliphatic heterocycles. The summed E-state index contributed by atoms with van der Waals surface area (Å²) in [5.74, 6) is -0.558. The first kappa shape index (κ1) is 34.0. The number of hydrogen-bond acceptors (Lipinski definition) is 6. The molecule has 0 bridgehead atoms. The highest BCUT2D eigenvalue weighted by molar-refractivity contribution is 5.90. The van der Waals surface area contributed by atoms with Crippen molar-refractivity contribution in [3.8, 4) is 11.4 Å². The van der Waals surface area contributed by atoms with Crippen LogP contribution in [0.15, 0.2) is 85.2 Å². The molecule has 0 saturated carbocycles. The Hall–Kier alpha value is -4.84. The third-order valence-corrected chi connectivity index (χ3v) is 7.52. The lowest BCUT2D eigenvalue weighted by atomic mass is 10.1. The van der Waals surface area contributed by atoms with E-state index in [-0.39, 0.29) is 11.9 Å². The van der Waals surface area contributed by atoms with Gasteiger partial charge in [0.05, 0.1) is 35.7 Å². The van der Waals surface area contributed by atoms with Gasteiger partial charge in [-0.25, -0.2) is 9.59 Å². The molecule has 4 rings (SSSR count). The number of carbonyl (C=O) groups excluding carboxylic acids is 2. The Labute approximate surface area is 273 Å². The number of aromatic nitrogens is 2. The zero-order valence-electron chi connectivity index (χ0n) is 27.0. The van der Waals surface area contributed by atoms with Crippen LogP contribution in [0.3, 0.4) is 0 Å². The van der Waals surface area contributed by atoms with Crippen LogP contribution in [-0.4, -0.2) is 35.1 Å². The molecule has 0 spiro atoms. The van der Waals surface area contributed by atoms with Crippen LogP contribution >= 0.6 is 0 Å². The van der Waals surface area contributed by atoms with Crippen molar-refractivity contribution in [2.75, 3.05) is 13.2 Å². The molecule has 238 valence electrons. The van der Waals surface area contributed by atoms with Crippen LogP contribution < -0.4 is 0 Å². The minimum atomic E-state index is -0.279. The van der Waals surface area contributed by atoms with E-state index in [1.807, 2.05) is 72.8 Å².